The van der Waals surface area contributed by atoms with Crippen LogP contribution in [0.1, 0.15) is 32.3 Å². The molecule has 1 atom stereocenters. The monoisotopic (exact) mass is 225 g/mol. The van der Waals surface area contributed by atoms with Gasteiger partial charge in [0.2, 0.25) is 5.88 Å². The smallest absolute Gasteiger partial charge is 0.244 e. The average Bonchev–Trinajstić information content (AvgIpc) is 2.18. The third kappa shape index (κ3) is 3.43. The molecule has 0 aliphatic carbocycles. The second kappa shape index (κ2) is 5.60. The van der Waals surface area contributed by atoms with E-state index in [0.717, 1.165) is 12.8 Å². The van der Waals surface area contributed by atoms with Crippen LogP contribution in [0.15, 0.2) is 12.3 Å². The fourth-order valence-corrected chi connectivity index (χ4v) is 1.40. The van der Waals surface area contributed by atoms with Gasteiger partial charge in [0.15, 0.2) is 0 Å². The van der Waals surface area contributed by atoms with Gasteiger partial charge in [-0.25, -0.2) is 0 Å². The van der Waals surface area contributed by atoms with Crippen LogP contribution in [0.25, 0.3) is 0 Å². The number of nitrogens with zero attached hydrogens (tertiary/aromatic N) is 2. The number of aromatic nitrogens is 2. The molecule has 15 heavy (non-hydrogen) atoms. The third-order valence-corrected chi connectivity index (χ3v) is 2.18. The molecule has 2 N–H and O–H groups in total. The van der Waals surface area contributed by atoms with Gasteiger partial charge in [0.25, 0.3) is 0 Å². The van der Waals surface area contributed by atoms with Gasteiger partial charge in [0.05, 0.1) is 17.9 Å². The lowest BCUT2D eigenvalue weighted by molar-refractivity contribution is 0.199. The predicted molar refractivity (Wildman–Crippen MR) is 62.9 cm³/mol. The van der Waals surface area contributed by atoms with Crippen molar-refractivity contribution in [2.24, 2.45) is 5.73 Å². The van der Waals surface area contributed by atoms with Crippen molar-refractivity contribution in [1.29, 1.82) is 0 Å². The molecule has 82 valence electrons. The van der Waals surface area contributed by atoms with Crippen LogP contribution in [-0.2, 0) is 0 Å². The standard InChI is InChI=1S/C10H15N3OS/c1-3-4-7(2)14-10-8(9(11)15)5-6-12-13-10/h5-7H,3-4H2,1-2H3,(H2,11,15). The average molecular weight is 225 g/mol. The SMILES string of the molecule is CCCC(C)Oc1nnccc1C(N)=S. The van der Waals surface area contributed by atoms with Crippen LogP contribution in [0.4, 0.5) is 0 Å². The topological polar surface area (TPSA) is 61.0 Å². The summed E-state index contributed by atoms with van der Waals surface area (Å²) >= 11 is 4.90. The lowest BCUT2D eigenvalue weighted by Crippen LogP contribution is -2.18. The van der Waals surface area contributed by atoms with Gasteiger partial charge >= 0.3 is 0 Å². The maximum atomic E-state index is 5.61. The number of ether oxygens (including phenoxy) is 1. The van der Waals surface area contributed by atoms with E-state index in [1.165, 1.54) is 0 Å². The minimum atomic E-state index is 0.0970. The Balaban J connectivity index is 2.79. The minimum absolute atomic E-state index is 0.0970. The van der Waals surface area contributed by atoms with Crippen molar-refractivity contribution in [3.63, 3.8) is 0 Å². The van der Waals surface area contributed by atoms with E-state index >= 15 is 0 Å². The van der Waals surface area contributed by atoms with Gasteiger partial charge in [0.1, 0.15) is 4.99 Å². The molecule has 1 aromatic rings. The van der Waals surface area contributed by atoms with Crippen LogP contribution in [0.2, 0.25) is 0 Å². The van der Waals surface area contributed by atoms with Crippen LogP contribution in [-0.4, -0.2) is 21.3 Å². The fraction of sp³-hybridized carbons (Fsp3) is 0.500. The van der Waals surface area contributed by atoms with E-state index in [1.807, 2.05) is 6.92 Å². The Kier molecular flexibility index (Phi) is 4.42. The number of rotatable bonds is 5. The summed E-state index contributed by atoms with van der Waals surface area (Å²) < 4.78 is 5.61. The fourth-order valence-electron chi connectivity index (χ4n) is 1.25. The lowest BCUT2D eigenvalue weighted by Gasteiger charge is -2.14. The minimum Gasteiger partial charge on any atom is -0.473 e. The van der Waals surface area contributed by atoms with Crippen molar-refractivity contribution in [2.45, 2.75) is 32.8 Å². The molecule has 0 radical (unpaired) electrons. The Hall–Kier alpha value is -1.23. The highest BCUT2D eigenvalue weighted by atomic mass is 32.1. The molecule has 0 aliphatic heterocycles. The Morgan fingerprint density at radius 1 is 1.67 bits per heavy atom. The summed E-state index contributed by atoms with van der Waals surface area (Å²) in [5.74, 6) is 0.422. The highest BCUT2D eigenvalue weighted by Gasteiger charge is 2.11. The van der Waals surface area contributed by atoms with Crippen molar-refractivity contribution in [3.05, 3.63) is 17.8 Å². The number of hydrogen-bond acceptors (Lipinski definition) is 4. The second-order valence-electron chi connectivity index (χ2n) is 3.33. The molecule has 0 saturated heterocycles. The van der Waals surface area contributed by atoms with E-state index in [1.54, 1.807) is 12.3 Å². The first kappa shape index (κ1) is 11.8. The van der Waals surface area contributed by atoms with Gasteiger partial charge in [-0.3, -0.25) is 0 Å². The van der Waals surface area contributed by atoms with Gasteiger partial charge in [-0.2, -0.15) is 5.10 Å². The zero-order valence-electron chi connectivity index (χ0n) is 8.93. The van der Waals surface area contributed by atoms with E-state index in [2.05, 4.69) is 17.1 Å². The van der Waals surface area contributed by atoms with Gasteiger partial charge in [-0.05, 0) is 19.4 Å². The van der Waals surface area contributed by atoms with Crippen LogP contribution < -0.4 is 10.5 Å². The van der Waals surface area contributed by atoms with Crippen LogP contribution in [0.3, 0.4) is 0 Å². The number of hydrogen-bond donors (Lipinski definition) is 1. The Labute approximate surface area is 94.8 Å². The van der Waals surface area contributed by atoms with Crippen molar-refractivity contribution in [1.82, 2.24) is 10.2 Å². The molecule has 5 heteroatoms. The molecule has 0 bridgehead atoms. The quantitative estimate of drug-likeness (QED) is 0.772. The lowest BCUT2D eigenvalue weighted by atomic mass is 10.2. The van der Waals surface area contributed by atoms with Crippen molar-refractivity contribution in [2.75, 3.05) is 0 Å². The summed E-state index contributed by atoms with van der Waals surface area (Å²) in [6, 6.07) is 1.71. The van der Waals surface area contributed by atoms with E-state index in [0.29, 0.717) is 11.4 Å². The predicted octanol–water partition coefficient (Wildman–Crippen LogP) is 1.68. The number of thiocarbonyl (C=S) groups is 1. The van der Waals surface area contributed by atoms with E-state index in [-0.39, 0.29) is 11.1 Å². The second-order valence-corrected chi connectivity index (χ2v) is 3.77. The third-order valence-electron chi connectivity index (χ3n) is 1.96. The van der Waals surface area contributed by atoms with E-state index in [9.17, 15) is 0 Å². The molecule has 0 aliphatic rings. The highest BCUT2D eigenvalue weighted by molar-refractivity contribution is 7.80. The first-order valence-corrected chi connectivity index (χ1v) is 5.34. The molecule has 0 aromatic carbocycles. The Bertz CT molecular complexity index is 343. The maximum absolute atomic E-state index is 5.61. The zero-order valence-corrected chi connectivity index (χ0v) is 9.75. The van der Waals surface area contributed by atoms with Gasteiger partial charge in [-0.1, -0.05) is 25.6 Å². The zero-order chi connectivity index (χ0) is 11.3. The molecule has 0 spiro atoms. The molecular weight excluding hydrogens is 210 g/mol. The molecule has 1 unspecified atom stereocenters. The van der Waals surface area contributed by atoms with Crippen molar-refractivity contribution < 1.29 is 4.74 Å². The summed E-state index contributed by atoms with van der Waals surface area (Å²) in [5, 5.41) is 7.63. The molecule has 4 nitrogen and oxygen atoms in total. The van der Waals surface area contributed by atoms with Crippen LogP contribution >= 0.6 is 12.2 Å². The summed E-state index contributed by atoms with van der Waals surface area (Å²) in [5.41, 5.74) is 6.19. The maximum Gasteiger partial charge on any atom is 0.244 e. The summed E-state index contributed by atoms with van der Waals surface area (Å²) in [6.07, 6.45) is 3.67. The van der Waals surface area contributed by atoms with Gasteiger partial charge < -0.3 is 10.5 Å². The van der Waals surface area contributed by atoms with Crippen molar-refractivity contribution >= 4 is 17.2 Å². The largest absolute Gasteiger partial charge is 0.473 e. The summed E-state index contributed by atoms with van der Waals surface area (Å²) in [7, 11) is 0. The van der Waals surface area contributed by atoms with Gasteiger partial charge in [0, 0.05) is 0 Å². The molecule has 1 heterocycles. The van der Waals surface area contributed by atoms with Crippen LogP contribution in [0.5, 0.6) is 5.88 Å². The van der Waals surface area contributed by atoms with E-state index < -0.39 is 0 Å². The van der Waals surface area contributed by atoms with Gasteiger partial charge in [-0.15, -0.1) is 5.10 Å². The first-order chi connectivity index (χ1) is 7.15. The van der Waals surface area contributed by atoms with Crippen molar-refractivity contribution in [3.8, 4) is 5.88 Å². The Morgan fingerprint density at radius 3 is 3.00 bits per heavy atom. The molecule has 0 saturated carbocycles. The Morgan fingerprint density at radius 2 is 2.40 bits per heavy atom. The molecule has 1 rings (SSSR count). The molecule has 1 aromatic heterocycles. The molecule has 0 amide bonds. The normalized spacial score (nSPS) is 12.1. The summed E-state index contributed by atoms with van der Waals surface area (Å²) in [6.45, 7) is 4.09. The van der Waals surface area contributed by atoms with E-state index in [4.69, 9.17) is 22.7 Å². The van der Waals surface area contributed by atoms with Crippen LogP contribution in [0, 0.1) is 0 Å². The molecular formula is C10H15N3OS. The summed E-state index contributed by atoms with van der Waals surface area (Å²) in [4.78, 5) is 0.281. The number of nitrogens with two attached hydrogens (primary N) is 1. The molecule has 0 fully saturated rings. The highest BCUT2D eigenvalue weighted by Crippen LogP contribution is 2.15. The first-order valence-electron chi connectivity index (χ1n) is 4.93.